The topological polar surface area (TPSA) is 59.4 Å². The number of carbonyl (C=O) groups excluding carboxylic acids is 1. The first-order valence-electron chi connectivity index (χ1n) is 3.65. The minimum Gasteiger partial charge on any atom is -0.465 e. The molecule has 8 heteroatoms. The van der Waals surface area contributed by atoms with Gasteiger partial charge in [-0.1, -0.05) is 0 Å². The molecule has 0 radical (unpaired) electrons. The molecule has 15 heavy (non-hydrogen) atoms. The Labute approximate surface area is 86.3 Å². The Morgan fingerprint density at radius 2 is 2.27 bits per heavy atom. The van der Waals surface area contributed by atoms with E-state index in [4.69, 9.17) is 5.11 Å². The lowest BCUT2D eigenvalue weighted by atomic mass is 10.4. The number of alkyl halides is 3. The fraction of sp³-hybridized carbons (Fsp3) is 0.429. The van der Waals surface area contributed by atoms with Crippen LogP contribution in [-0.4, -0.2) is 29.3 Å². The van der Waals surface area contributed by atoms with Gasteiger partial charge in [0.1, 0.15) is 9.88 Å². The molecule has 1 unspecified atom stereocenters. The molecular formula is C7H6F3NO3S. The van der Waals surface area contributed by atoms with Crippen LogP contribution < -0.4 is 0 Å². The number of carbonyl (C=O) groups is 1. The second-order valence-electron chi connectivity index (χ2n) is 2.50. The zero-order valence-electron chi connectivity index (χ0n) is 7.41. The Morgan fingerprint density at radius 1 is 1.67 bits per heavy atom. The van der Waals surface area contributed by atoms with Crippen molar-refractivity contribution in [2.75, 3.05) is 7.11 Å². The molecule has 0 saturated carbocycles. The molecule has 1 aromatic heterocycles. The predicted molar refractivity (Wildman–Crippen MR) is 44.5 cm³/mol. The molecule has 0 bridgehead atoms. The number of hydrogen-bond acceptors (Lipinski definition) is 5. The van der Waals surface area contributed by atoms with E-state index < -0.39 is 23.3 Å². The number of hydrogen-bond donors (Lipinski definition) is 1. The minimum atomic E-state index is -4.79. The van der Waals surface area contributed by atoms with Crippen molar-refractivity contribution in [3.05, 3.63) is 16.1 Å². The molecule has 0 spiro atoms. The molecule has 1 N–H and O–H groups in total. The first-order chi connectivity index (χ1) is 6.86. The lowest BCUT2D eigenvalue weighted by Crippen LogP contribution is -2.19. The van der Waals surface area contributed by atoms with Gasteiger partial charge in [0.15, 0.2) is 0 Å². The highest BCUT2D eigenvalue weighted by Gasteiger charge is 2.41. The van der Waals surface area contributed by atoms with Gasteiger partial charge in [0.25, 0.3) is 0 Å². The second kappa shape index (κ2) is 4.15. The summed E-state index contributed by atoms with van der Waals surface area (Å²) in [4.78, 5) is 14.1. The Balaban J connectivity index is 2.89. The van der Waals surface area contributed by atoms with Crippen molar-refractivity contribution in [1.29, 1.82) is 0 Å². The maximum absolute atomic E-state index is 12.0. The zero-order chi connectivity index (χ0) is 11.6. The summed E-state index contributed by atoms with van der Waals surface area (Å²) in [5.74, 6) is -0.784. The van der Waals surface area contributed by atoms with Crippen molar-refractivity contribution in [3.8, 4) is 0 Å². The largest absolute Gasteiger partial charge is 0.465 e. The number of nitrogens with zero attached hydrogens (tertiary/aromatic N) is 1. The number of thiazole rings is 1. The molecule has 0 fully saturated rings. The maximum Gasteiger partial charge on any atom is 0.420 e. The van der Waals surface area contributed by atoms with E-state index in [9.17, 15) is 18.0 Å². The quantitative estimate of drug-likeness (QED) is 0.797. The van der Waals surface area contributed by atoms with Gasteiger partial charge >= 0.3 is 12.1 Å². The number of rotatable bonds is 2. The highest BCUT2D eigenvalue weighted by Crippen LogP contribution is 2.34. The van der Waals surface area contributed by atoms with Crippen LogP contribution in [0.1, 0.15) is 20.8 Å². The SMILES string of the molecule is COC(=O)c1cnc(C(O)C(F)(F)F)s1. The van der Waals surface area contributed by atoms with Crippen LogP contribution in [0.4, 0.5) is 13.2 Å². The Morgan fingerprint density at radius 3 is 2.73 bits per heavy atom. The van der Waals surface area contributed by atoms with Gasteiger partial charge in [-0.05, 0) is 0 Å². The summed E-state index contributed by atoms with van der Waals surface area (Å²) in [5.41, 5.74) is 0. The molecule has 1 rings (SSSR count). The monoisotopic (exact) mass is 241 g/mol. The Kier molecular flexibility index (Phi) is 3.30. The van der Waals surface area contributed by atoms with Gasteiger partial charge in [-0.2, -0.15) is 13.2 Å². The molecule has 0 aliphatic carbocycles. The van der Waals surface area contributed by atoms with Crippen LogP contribution >= 0.6 is 11.3 Å². The van der Waals surface area contributed by atoms with Gasteiger partial charge in [0.2, 0.25) is 6.10 Å². The van der Waals surface area contributed by atoms with Gasteiger partial charge in [-0.15, -0.1) is 11.3 Å². The number of halogens is 3. The molecule has 0 saturated heterocycles. The van der Waals surface area contributed by atoms with Gasteiger partial charge < -0.3 is 9.84 Å². The highest BCUT2D eigenvalue weighted by molar-refractivity contribution is 7.13. The van der Waals surface area contributed by atoms with E-state index in [1.807, 2.05) is 0 Å². The van der Waals surface area contributed by atoms with E-state index >= 15 is 0 Å². The van der Waals surface area contributed by atoms with E-state index in [0.29, 0.717) is 11.3 Å². The number of methoxy groups -OCH3 is 1. The number of aliphatic hydroxyl groups is 1. The molecule has 4 nitrogen and oxygen atoms in total. The summed E-state index contributed by atoms with van der Waals surface area (Å²) in [6.45, 7) is 0. The predicted octanol–water partition coefficient (Wildman–Crippen LogP) is 1.53. The first kappa shape index (κ1) is 11.9. The van der Waals surface area contributed by atoms with Crippen LogP contribution in [0.2, 0.25) is 0 Å². The molecule has 0 aromatic carbocycles. The van der Waals surface area contributed by atoms with Crippen molar-refractivity contribution in [3.63, 3.8) is 0 Å². The van der Waals surface area contributed by atoms with Crippen LogP contribution in [0.3, 0.4) is 0 Å². The summed E-state index contributed by atoms with van der Waals surface area (Å²) in [7, 11) is 1.10. The summed E-state index contributed by atoms with van der Waals surface area (Å²) in [5, 5.41) is 8.22. The number of ether oxygens (including phenoxy) is 1. The average Bonchev–Trinajstić information content (AvgIpc) is 2.62. The van der Waals surface area contributed by atoms with Crippen molar-refractivity contribution in [2.45, 2.75) is 12.3 Å². The van der Waals surface area contributed by atoms with Crippen LogP contribution in [0.5, 0.6) is 0 Å². The molecule has 84 valence electrons. The van der Waals surface area contributed by atoms with Crippen LogP contribution in [0.25, 0.3) is 0 Å². The molecule has 1 heterocycles. The van der Waals surface area contributed by atoms with E-state index in [1.54, 1.807) is 0 Å². The average molecular weight is 241 g/mol. The van der Waals surface area contributed by atoms with E-state index in [1.165, 1.54) is 0 Å². The van der Waals surface area contributed by atoms with E-state index in [0.717, 1.165) is 13.3 Å². The third kappa shape index (κ3) is 2.66. The number of aromatic nitrogens is 1. The van der Waals surface area contributed by atoms with Gasteiger partial charge in [0.05, 0.1) is 13.3 Å². The fourth-order valence-electron chi connectivity index (χ4n) is 0.749. The Hall–Kier alpha value is -1.15. The smallest absolute Gasteiger partial charge is 0.420 e. The maximum atomic E-state index is 12.0. The molecular weight excluding hydrogens is 235 g/mol. The lowest BCUT2D eigenvalue weighted by Gasteiger charge is -2.10. The van der Waals surface area contributed by atoms with Crippen molar-refractivity contribution in [1.82, 2.24) is 4.98 Å². The van der Waals surface area contributed by atoms with Crippen molar-refractivity contribution in [2.24, 2.45) is 0 Å². The van der Waals surface area contributed by atoms with Crippen LogP contribution in [-0.2, 0) is 4.74 Å². The highest BCUT2D eigenvalue weighted by atomic mass is 32.1. The zero-order valence-corrected chi connectivity index (χ0v) is 8.22. The van der Waals surface area contributed by atoms with Crippen molar-refractivity contribution < 1.29 is 27.8 Å². The number of aliphatic hydroxyl groups excluding tert-OH is 1. The van der Waals surface area contributed by atoms with E-state index in [2.05, 4.69) is 9.72 Å². The normalized spacial score (nSPS) is 13.7. The van der Waals surface area contributed by atoms with Gasteiger partial charge in [-0.25, -0.2) is 9.78 Å². The summed E-state index contributed by atoms with van der Waals surface area (Å²) in [6, 6.07) is 0. The standard InChI is InChI=1S/C7H6F3NO3S/c1-14-6(13)3-2-11-5(15-3)4(12)7(8,9)10/h2,4,12H,1H3. The summed E-state index contributed by atoms with van der Waals surface area (Å²) >= 11 is 0.445. The fourth-order valence-corrected chi connectivity index (χ4v) is 1.60. The van der Waals surface area contributed by atoms with Gasteiger partial charge in [-0.3, -0.25) is 0 Å². The third-order valence-electron chi connectivity index (χ3n) is 1.45. The molecule has 0 amide bonds. The van der Waals surface area contributed by atoms with Crippen LogP contribution in [0.15, 0.2) is 6.20 Å². The second-order valence-corrected chi connectivity index (χ2v) is 3.56. The molecule has 1 aromatic rings. The van der Waals surface area contributed by atoms with Gasteiger partial charge in [0, 0.05) is 0 Å². The van der Waals surface area contributed by atoms with Crippen molar-refractivity contribution >= 4 is 17.3 Å². The molecule has 0 aliphatic heterocycles. The summed E-state index contributed by atoms with van der Waals surface area (Å²) < 4.78 is 40.4. The molecule has 1 atom stereocenters. The minimum absolute atomic E-state index is 0.0872. The third-order valence-corrected chi connectivity index (χ3v) is 2.48. The Bertz CT molecular complexity index is 363. The molecule has 0 aliphatic rings. The van der Waals surface area contributed by atoms with E-state index in [-0.39, 0.29) is 4.88 Å². The van der Waals surface area contributed by atoms with Crippen LogP contribution in [0, 0.1) is 0 Å². The summed E-state index contributed by atoms with van der Waals surface area (Å²) in [6.07, 6.45) is -6.52. The number of esters is 1. The lowest BCUT2D eigenvalue weighted by molar-refractivity contribution is -0.206. The first-order valence-corrected chi connectivity index (χ1v) is 4.46.